The fourth-order valence-electron chi connectivity index (χ4n) is 0.284. The topological polar surface area (TPSA) is 0 Å². The molecule has 0 rings (SSSR count). The number of hydrogen-bond donors (Lipinski definition) is 1. The van der Waals surface area contributed by atoms with Gasteiger partial charge < -0.3 is 0 Å². The Kier molecular flexibility index (Phi) is 6.97. The summed E-state index contributed by atoms with van der Waals surface area (Å²) in [5.74, 6) is -0.00463. The molecule has 0 spiro atoms. The van der Waals surface area contributed by atoms with Gasteiger partial charge in [-0.1, -0.05) is 0 Å². The van der Waals surface area contributed by atoms with E-state index in [2.05, 4.69) is 48.6 Å². The second-order valence-corrected chi connectivity index (χ2v) is 2.89. The Labute approximate surface area is 78.6 Å². The van der Waals surface area contributed by atoms with E-state index in [0.717, 1.165) is 0 Å². The third-order valence-corrected chi connectivity index (χ3v) is 2.46. The van der Waals surface area contributed by atoms with Crippen molar-refractivity contribution in [2.75, 3.05) is 0 Å². The standard InChI is InChI=1S/B5HS4/c6-1-4(2-7)5(9)3-8/h9H. The zero-order chi connectivity index (χ0) is 7.28. The first kappa shape index (κ1) is 10.3. The molecule has 0 amide bonds. The average molecular weight is 183 g/mol. The van der Waals surface area contributed by atoms with Crippen LogP contribution >= 0.6 is 48.6 Å². The minimum absolute atomic E-state index is 0.00463. The van der Waals surface area contributed by atoms with Crippen LogP contribution in [0, 0.1) is 0 Å². The molecule has 9 heavy (non-hydrogen) atoms. The van der Waals surface area contributed by atoms with Gasteiger partial charge in [-0.3, -0.25) is 0 Å². The summed E-state index contributed by atoms with van der Waals surface area (Å²) in [5.41, 5.74) is 0. The number of rotatable bonds is 4. The van der Waals surface area contributed by atoms with E-state index in [-0.39, 0.29) is 12.2 Å². The molecule has 0 saturated heterocycles. The van der Waals surface area contributed by atoms with E-state index in [9.17, 15) is 0 Å². The van der Waals surface area contributed by atoms with E-state index in [1.165, 1.54) is 0 Å². The predicted octanol–water partition coefficient (Wildman–Crippen LogP) is 0.421. The Morgan fingerprint density at radius 2 is 1.44 bits per heavy atom. The van der Waals surface area contributed by atoms with Crippen LogP contribution in [0.25, 0.3) is 0 Å². The fourth-order valence-corrected chi connectivity index (χ4v) is 1.47. The van der Waals surface area contributed by atoms with Crippen LogP contribution in [0.4, 0.5) is 0 Å². The van der Waals surface area contributed by atoms with Crippen molar-refractivity contribution in [3.05, 3.63) is 0 Å². The van der Waals surface area contributed by atoms with E-state index >= 15 is 0 Å². The molecule has 0 aliphatic heterocycles. The SMILES string of the molecule is S=BB(S)B(B=S)B=S. The van der Waals surface area contributed by atoms with Crippen molar-refractivity contribution in [2.45, 2.75) is 0 Å². The van der Waals surface area contributed by atoms with Gasteiger partial charge in [0.25, 0.3) is 0 Å². The second kappa shape index (κ2) is 6.07. The van der Waals surface area contributed by atoms with Crippen LogP contribution in [0.1, 0.15) is 0 Å². The quantitative estimate of drug-likeness (QED) is 0.496. The van der Waals surface area contributed by atoms with Crippen molar-refractivity contribution in [1.29, 1.82) is 0 Å². The zero-order valence-corrected chi connectivity index (χ0v) is 7.90. The molecule has 0 aromatic carbocycles. The van der Waals surface area contributed by atoms with Crippen molar-refractivity contribution in [3.8, 4) is 0 Å². The van der Waals surface area contributed by atoms with E-state index < -0.39 is 0 Å². The summed E-state index contributed by atoms with van der Waals surface area (Å²) in [5, 5.41) is 0. The Balaban J connectivity index is 3.92. The van der Waals surface area contributed by atoms with Gasteiger partial charge in [0, 0.05) is 0 Å². The Morgan fingerprint density at radius 1 is 1.00 bits per heavy atom. The van der Waals surface area contributed by atoms with Crippen molar-refractivity contribution in [1.82, 2.24) is 0 Å². The first-order valence-electron chi connectivity index (χ1n) is 2.30. The molecule has 0 N–H and O–H groups in total. The molecule has 0 aromatic heterocycles. The summed E-state index contributed by atoms with van der Waals surface area (Å²) in [4.78, 5) is 0. The Morgan fingerprint density at radius 3 is 1.56 bits per heavy atom. The molecule has 0 atom stereocenters. The Bertz CT molecular complexity index is 112. The summed E-state index contributed by atoms with van der Waals surface area (Å²) in [7, 11) is 0. The van der Waals surface area contributed by atoms with Crippen LogP contribution in [0.5, 0.6) is 0 Å². The van der Waals surface area contributed by atoms with Crippen molar-refractivity contribution >= 4 is 78.9 Å². The molecule has 0 radical (unpaired) electrons. The van der Waals surface area contributed by atoms with Gasteiger partial charge in [-0.25, -0.2) is 0 Å². The van der Waals surface area contributed by atoms with E-state index in [0.29, 0.717) is 0 Å². The maximum absolute atomic E-state index is 4.68. The summed E-state index contributed by atoms with van der Waals surface area (Å²) in [6.45, 7) is 0. The van der Waals surface area contributed by atoms with E-state index in [4.69, 9.17) is 0 Å². The zero-order valence-electron chi connectivity index (χ0n) is 4.56. The normalized spacial score (nSPS) is 6.33. The molecule has 0 aliphatic rings. The fraction of sp³-hybridized carbons (Fsp3) is 0. The molecular formula is HB5S4. The predicted molar refractivity (Wildman–Crippen MR) is 60.5 cm³/mol. The molecule has 0 fully saturated rings. The van der Waals surface area contributed by atoms with Gasteiger partial charge in [-0.2, -0.15) is 0 Å². The van der Waals surface area contributed by atoms with Gasteiger partial charge in [-0.05, 0) is 0 Å². The number of hydrogen-bond acceptors (Lipinski definition) is 4. The molecule has 40 valence electrons. The van der Waals surface area contributed by atoms with Crippen LogP contribution in [0.2, 0.25) is 0 Å². The van der Waals surface area contributed by atoms with Gasteiger partial charge in [0.1, 0.15) is 0 Å². The first-order chi connectivity index (χ1) is 4.26. The molecule has 0 saturated carbocycles. The molecule has 9 heteroatoms. The molecule has 0 nitrogen and oxygen atoms in total. The molecule has 0 aromatic rings. The van der Waals surface area contributed by atoms with Gasteiger partial charge in [0.05, 0.1) is 0 Å². The summed E-state index contributed by atoms with van der Waals surface area (Å²) in [6.07, 6.45) is 0.0517. The Hall–Kier alpha value is 1.33. The van der Waals surface area contributed by atoms with Crippen LogP contribution < -0.4 is 0 Å². The third kappa shape index (κ3) is 3.91. The van der Waals surface area contributed by atoms with Gasteiger partial charge in [0.2, 0.25) is 0 Å². The molecule has 0 unspecified atom stereocenters. The molecular weight excluding hydrogens is 182 g/mol. The number of thiol groups is 1. The minimum atomic E-state index is -0.00463. The summed E-state index contributed by atoms with van der Waals surface area (Å²) in [6, 6.07) is 4.71. The van der Waals surface area contributed by atoms with Crippen LogP contribution in [0.15, 0.2) is 0 Å². The molecule has 0 aliphatic carbocycles. The molecule has 0 bridgehead atoms. The van der Waals surface area contributed by atoms with Gasteiger partial charge in [0.15, 0.2) is 0 Å². The summed E-state index contributed by atoms with van der Waals surface area (Å²) >= 11 is 18.1. The van der Waals surface area contributed by atoms with Crippen molar-refractivity contribution in [2.24, 2.45) is 0 Å². The monoisotopic (exact) mass is 184 g/mol. The molecule has 0 heterocycles. The second-order valence-electron chi connectivity index (χ2n) is 1.48. The van der Waals surface area contributed by atoms with Crippen molar-refractivity contribution in [3.63, 3.8) is 0 Å². The average Bonchev–Trinajstić information content (AvgIpc) is 1.90. The van der Waals surface area contributed by atoms with E-state index in [1.54, 1.807) is 18.1 Å². The van der Waals surface area contributed by atoms with E-state index in [1.807, 2.05) is 0 Å². The third-order valence-electron chi connectivity index (χ3n) is 0.848. The summed E-state index contributed by atoms with van der Waals surface area (Å²) < 4.78 is 0. The van der Waals surface area contributed by atoms with Crippen molar-refractivity contribution < 1.29 is 0 Å². The first-order valence-corrected chi connectivity index (χ1v) is 4.23. The van der Waals surface area contributed by atoms with Crippen LogP contribution in [-0.4, -0.2) is 30.3 Å². The van der Waals surface area contributed by atoms with Gasteiger partial charge in [-0.15, -0.1) is 0 Å². The van der Waals surface area contributed by atoms with Crippen LogP contribution in [-0.2, 0) is 0 Å². The maximum atomic E-state index is 4.68. The van der Waals surface area contributed by atoms with Gasteiger partial charge >= 0.3 is 78.9 Å². The van der Waals surface area contributed by atoms with Crippen LogP contribution in [0.3, 0.4) is 0 Å².